The van der Waals surface area contributed by atoms with Crippen LogP contribution in [0.25, 0.3) is 5.76 Å². The topological polar surface area (TPSA) is 77.8 Å². The van der Waals surface area contributed by atoms with Crippen molar-refractivity contribution >= 4 is 23.1 Å². The van der Waals surface area contributed by atoms with Crippen LogP contribution >= 0.6 is 0 Å². The Bertz CT molecular complexity index is 1150. The number of aliphatic hydroxyl groups excluding tert-OH is 1. The van der Waals surface area contributed by atoms with Gasteiger partial charge in [-0.05, 0) is 48.9 Å². The van der Waals surface area contributed by atoms with E-state index in [1.807, 2.05) is 6.92 Å². The van der Waals surface area contributed by atoms with Crippen LogP contribution in [0, 0.1) is 12.7 Å². The first kappa shape index (κ1) is 19.4. The molecule has 1 aliphatic rings. The number of aryl methyl sites for hydroxylation is 1. The zero-order valence-corrected chi connectivity index (χ0v) is 16.0. The van der Waals surface area contributed by atoms with Crippen molar-refractivity contribution in [3.05, 3.63) is 101 Å². The minimum absolute atomic E-state index is 0.0241. The molecule has 1 atom stereocenters. The SMILES string of the molecule is Cc1ccc(/C(O)=C2\C(=O)C(=O)N(c3ccc(F)cc3)C2c2ccc(O)cc2)cc1. The molecule has 4 rings (SSSR count). The van der Waals surface area contributed by atoms with E-state index in [0.29, 0.717) is 16.8 Å². The number of anilines is 1. The van der Waals surface area contributed by atoms with Gasteiger partial charge in [-0.2, -0.15) is 0 Å². The maximum Gasteiger partial charge on any atom is 0.300 e. The average Bonchev–Trinajstić information content (AvgIpc) is 3.00. The van der Waals surface area contributed by atoms with Crippen LogP contribution < -0.4 is 4.90 Å². The number of benzene rings is 3. The molecule has 0 spiro atoms. The third kappa shape index (κ3) is 3.33. The summed E-state index contributed by atoms with van der Waals surface area (Å²) in [6, 6.07) is 17.2. The molecule has 0 aromatic heterocycles. The Labute approximate surface area is 172 Å². The normalized spacial score (nSPS) is 18.1. The maximum atomic E-state index is 13.4. The zero-order valence-electron chi connectivity index (χ0n) is 16.0. The van der Waals surface area contributed by atoms with E-state index in [2.05, 4.69) is 0 Å². The molecule has 1 fully saturated rings. The van der Waals surface area contributed by atoms with Gasteiger partial charge in [-0.1, -0.05) is 42.0 Å². The van der Waals surface area contributed by atoms with E-state index in [1.165, 1.54) is 41.3 Å². The number of ketones is 1. The number of rotatable bonds is 3. The molecular weight excluding hydrogens is 385 g/mol. The number of aliphatic hydroxyl groups is 1. The Hall–Kier alpha value is -3.93. The number of aromatic hydroxyl groups is 1. The second-order valence-corrected chi connectivity index (χ2v) is 7.10. The van der Waals surface area contributed by atoms with E-state index >= 15 is 0 Å². The Morgan fingerprint density at radius 2 is 1.50 bits per heavy atom. The van der Waals surface area contributed by atoms with Crippen molar-refractivity contribution in [2.45, 2.75) is 13.0 Å². The van der Waals surface area contributed by atoms with Gasteiger partial charge in [0.2, 0.25) is 0 Å². The van der Waals surface area contributed by atoms with E-state index in [4.69, 9.17) is 0 Å². The second-order valence-electron chi connectivity index (χ2n) is 7.10. The predicted molar refractivity (Wildman–Crippen MR) is 110 cm³/mol. The summed E-state index contributed by atoms with van der Waals surface area (Å²) in [7, 11) is 0. The summed E-state index contributed by atoms with van der Waals surface area (Å²) in [6.45, 7) is 1.90. The lowest BCUT2D eigenvalue weighted by atomic mass is 9.95. The van der Waals surface area contributed by atoms with Crippen LogP contribution in [0.5, 0.6) is 5.75 Å². The number of phenols is 1. The standard InChI is InChI=1S/C24H18FNO4/c1-14-2-4-16(5-3-14)22(28)20-21(15-6-12-19(27)13-7-15)26(24(30)23(20)29)18-10-8-17(25)9-11-18/h2-13,21,27-28H,1H3/b22-20+. The Kier molecular flexibility index (Phi) is 4.83. The molecule has 2 N–H and O–H groups in total. The minimum atomic E-state index is -0.933. The highest BCUT2D eigenvalue weighted by atomic mass is 19.1. The van der Waals surface area contributed by atoms with Crippen molar-refractivity contribution in [2.75, 3.05) is 4.90 Å². The lowest BCUT2D eigenvalue weighted by Crippen LogP contribution is -2.29. The van der Waals surface area contributed by atoms with Gasteiger partial charge in [-0.25, -0.2) is 4.39 Å². The lowest BCUT2D eigenvalue weighted by Gasteiger charge is -2.25. The summed E-state index contributed by atoms with van der Waals surface area (Å²) in [5, 5.41) is 20.6. The molecule has 0 bridgehead atoms. The molecule has 1 aliphatic heterocycles. The summed E-state index contributed by atoms with van der Waals surface area (Å²) >= 11 is 0. The number of hydrogen-bond acceptors (Lipinski definition) is 4. The number of halogens is 1. The van der Waals surface area contributed by atoms with Gasteiger partial charge in [0.15, 0.2) is 0 Å². The fraction of sp³-hybridized carbons (Fsp3) is 0.0833. The van der Waals surface area contributed by atoms with Crippen LogP contribution in [0.3, 0.4) is 0 Å². The number of Topliss-reactive ketones (excluding diaryl/α,β-unsaturated/α-hetero) is 1. The van der Waals surface area contributed by atoms with Crippen molar-refractivity contribution in [2.24, 2.45) is 0 Å². The molecule has 0 radical (unpaired) electrons. The Balaban J connectivity index is 1.93. The second kappa shape index (κ2) is 7.48. The quantitative estimate of drug-likeness (QED) is 0.384. The van der Waals surface area contributed by atoms with Crippen molar-refractivity contribution in [1.82, 2.24) is 0 Å². The van der Waals surface area contributed by atoms with Crippen LogP contribution in [-0.2, 0) is 9.59 Å². The minimum Gasteiger partial charge on any atom is -0.508 e. The summed E-state index contributed by atoms with van der Waals surface area (Å²) in [4.78, 5) is 27.1. The fourth-order valence-electron chi connectivity index (χ4n) is 3.54. The molecule has 0 aliphatic carbocycles. The summed E-state index contributed by atoms with van der Waals surface area (Å²) < 4.78 is 13.4. The van der Waals surface area contributed by atoms with E-state index in [-0.39, 0.29) is 17.1 Å². The summed E-state index contributed by atoms with van der Waals surface area (Å²) in [6.07, 6.45) is 0. The smallest absolute Gasteiger partial charge is 0.300 e. The first-order valence-electron chi connectivity index (χ1n) is 9.29. The first-order valence-corrected chi connectivity index (χ1v) is 9.29. The first-order chi connectivity index (χ1) is 14.4. The molecule has 1 heterocycles. The highest BCUT2D eigenvalue weighted by Crippen LogP contribution is 2.42. The molecule has 30 heavy (non-hydrogen) atoms. The lowest BCUT2D eigenvalue weighted by molar-refractivity contribution is -0.132. The van der Waals surface area contributed by atoms with Crippen LogP contribution in [0.2, 0.25) is 0 Å². The van der Waals surface area contributed by atoms with Gasteiger partial charge >= 0.3 is 0 Å². The summed E-state index contributed by atoms with van der Waals surface area (Å²) in [5.74, 6) is -2.41. The van der Waals surface area contributed by atoms with Crippen molar-refractivity contribution in [3.63, 3.8) is 0 Å². The molecule has 1 unspecified atom stereocenters. The predicted octanol–water partition coefficient (Wildman–Crippen LogP) is 4.47. The molecule has 3 aromatic carbocycles. The van der Waals surface area contributed by atoms with Gasteiger partial charge in [-0.3, -0.25) is 14.5 Å². The van der Waals surface area contributed by atoms with E-state index in [0.717, 1.165) is 5.56 Å². The van der Waals surface area contributed by atoms with Gasteiger partial charge < -0.3 is 10.2 Å². The van der Waals surface area contributed by atoms with Gasteiger partial charge in [0.05, 0.1) is 11.6 Å². The molecule has 0 saturated carbocycles. The van der Waals surface area contributed by atoms with E-state index in [9.17, 15) is 24.2 Å². The van der Waals surface area contributed by atoms with Gasteiger partial charge in [0, 0.05) is 11.3 Å². The number of hydrogen-bond donors (Lipinski definition) is 2. The van der Waals surface area contributed by atoms with Crippen LogP contribution in [0.15, 0.2) is 78.4 Å². The molecule has 1 saturated heterocycles. The van der Waals surface area contributed by atoms with E-state index < -0.39 is 23.5 Å². The largest absolute Gasteiger partial charge is 0.508 e. The van der Waals surface area contributed by atoms with Crippen molar-refractivity contribution in [3.8, 4) is 5.75 Å². The van der Waals surface area contributed by atoms with Crippen molar-refractivity contribution < 1.29 is 24.2 Å². The highest BCUT2D eigenvalue weighted by Gasteiger charge is 2.46. The Morgan fingerprint density at radius 3 is 2.10 bits per heavy atom. The van der Waals surface area contributed by atoms with Crippen LogP contribution in [0.1, 0.15) is 22.7 Å². The van der Waals surface area contributed by atoms with Crippen LogP contribution in [0.4, 0.5) is 10.1 Å². The van der Waals surface area contributed by atoms with Gasteiger partial charge in [0.25, 0.3) is 11.7 Å². The molecule has 1 amide bonds. The van der Waals surface area contributed by atoms with Crippen molar-refractivity contribution in [1.29, 1.82) is 0 Å². The van der Waals surface area contributed by atoms with Gasteiger partial charge in [0.1, 0.15) is 17.3 Å². The van der Waals surface area contributed by atoms with E-state index in [1.54, 1.807) is 36.4 Å². The third-order valence-corrected chi connectivity index (χ3v) is 5.08. The number of phenolic OH excluding ortho intramolecular Hbond substituents is 1. The van der Waals surface area contributed by atoms with Gasteiger partial charge in [-0.15, -0.1) is 0 Å². The Morgan fingerprint density at radius 1 is 0.900 bits per heavy atom. The number of carbonyl (C=O) groups is 2. The maximum absolute atomic E-state index is 13.4. The molecule has 3 aromatic rings. The molecule has 150 valence electrons. The molecule has 5 nitrogen and oxygen atoms in total. The zero-order chi connectivity index (χ0) is 21.4. The molecule has 6 heteroatoms. The fourth-order valence-corrected chi connectivity index (χ4v) is 3.54. The number of amides is 1. The monoisotopic (exact) mass is 403 g/mol. The number of nitrogens with zero attached hydrogens (tertiary/aromatic N) is 1. The third-order valence-electron chi connectivity index (χ3n) is 5.08. The number of carbonyl (C=O) groups excluding carboxylic acids is 2. The van der Waals surface area contributed by atoms with Crippen LogP contribution in [-0.4, -0.2) is 21.9 Å². The molecular formula is C24H18FNO4. The highest BCUT2D eigenvalue weighted by molar-refractivity contribution is 6.51. The average molecular weight is 403 g/mol. The summed E-state index contributed by atoms with van der Waals surface area (Å²) in [5.41, 5.74) is 2.15.